The van der Waals surface area contributed by atoms with E-state index in [1.54, 1.807) is 24.8 Å². The van der Waals surface area contributed by atoms with Crippen molar-refractivity contribution in [1.29, 1.82) is 0 Å². The number of aryl methyl sites for hydroxylation is 1. The summed E-state index contributed by atoms with van der Waals surface area (Å²) in [5.41, 5.74) is 0.740. The fraction of sp³-hybridized carbons (Fsp3) is 0.562. The summed E-state index contributed by atoms with van der Waals surface area (Å²) in [6.07, 6.45) is 1.01. The standard InChI is InChI=1S/C16H23ClN2O4S/c1-4-6-19-10-12(8-16(19)20)18-24(21,22)15-9-13(17)11(3)7-14(15)23-5-2/h7,9,12,18H,4-6,8,10H2,1-3H3/t12-/m1/s1. The summed E-state index contributed by atoms with van der Waals surface area (Å²) in [6.45, 7) is 6.91. The van der Waals surface area contributed by atoms with Crippen molar-refractivity contribution in [3.8, 4) is 5.75 Å². The Hall–Kier alpha value is -1.31. The van der Waals surface area contributed by atoms with Gasteiger partial charge in [0.2, 0.25) is 15.9 Å². The van der Waals surface area contributed by atoms with Gasteiger partial charge in [-0.05, 0) is 38.0 Å². The van der Waals surface area contributed by atoms with Gasteiger partial charge in [-0.1, -0.05) is 18.5 Å². The van der Waals surface area contributed by atoms with E-state index in [1.165, 1.54) is 6.07 Å². The Balaban J connectivity index is 2.25. The van der Waals surface area contributed by atoms with Crippen LogP contribution in [0.5, 0.6) is 5.75 Å². The topological polar surface area (TPSA) is 75.7 Å². The lowest BCUT2D eigenvalue weighted by Crippen LogP contribution is -2.37. The number of rotatable bonds is 7. The number of nitrogens with zero attached hydrogens (tertiary/aromatic N) is 1. The molecule has 1 atom stereocenters. The van der Waals surface area contributed by atoms with Gasteiger partial charge in [-0.15, -0.1) is 0 Å². The molecule has 1 heterocycles. The van der Waals surface area contributed by atoms with Crippen molar-refractivity contribution in [3.63, 3.8) is 0 Å². The van der Waals surface area contributed by atoms with E-state index in [1.807, 2.05) is 6.92 Å². The summed E-state index contributed by atoms with van der Waals surface area (Å²) in [5.74, 6) is 0.234. The van der Waals surface area contributed by atoms with Crippen LogP contribution in [0.1, 0.15) is 32.3 Å². The van der Waals surface area contributed by atoms with Crippen molar-refractivity contribution in [2.45, 2.75) is 44.6 Å². The minimum atomic E-state index is -3.84. The first-order chi connectivity index (χ1) is 11.3. The van der Waals surface area contributed by atoms with Crippen molar-refractivity contribution in [2.75, 3.05) is 19.7 Å². The molecule has 2 rings (SSSR count). The van der Waals surface area contributed by atoms with Crippen LogP contribution in [0.25, 0.3) is 0 Å². The molecule has 1 aliphatic rings. The van der Waals surface area contributed by atoms with Crippen molar-refractivity contribution in [3.05, 3.63) is 22.7 Å². The minimum absolute atomic E-state index is 0.00124. The molecule has 0 saturated carbocycles. The number of sulfonamides is 1. The highest BCUT2D eigenvalue weighted by atomic mass is 35.5. The van der Waals surface area contributed by atoms with Crippen molar-refractivity contribution < 1.29 is 17.9 Å². The van der Waals surface area contributed by atoms with Gasteiger partial charge in [0.1, 0.15) is 10.6 Å². The van der Waals surface area contributed by atoms with Gasteiger partial charge in [0, 0.05) is 30.6 Å². The summed E-state index contributed by atoms with van der Waals surface area (Å²) in [4.78, 5) is 13.6. The summed E-state index contributed by atoms with van der Waals surface area (Å²) >= 11 is 6.09. The quantitative estimate of drug-likeness (QED) is 0.794. The number of carbonyl (C=O) groups is 1. The van der Waals surface area contributed by atoms with E-state index in [4.69, 9.17) is 16.3 Å². The SMILES string of the molecule is CCCN1C[C@H](NS(=O)(=O)c2cc(Cl)c(C)cc2OCC)CC1=O. The number of amides is 1. The summed E-state index contributed by atoms with van der Waals surface area (Å²) in [5, 5.41) is 0.355. The number of nitrogens with one attached hydrogen (secondary N) is 1. The molecule has 1 N–H and O–H groups in total. The van der Waals surface area contributed by atoms with E-state index >= 15 is 0 Å². The van der Waals surface area contributed by atoms with E-state index in [0.29, 0.717) is 24.7 Å². The monoisotopic (exact) mass is 374 g/mol. The molecule has 0 radical (unpaired) electrons. The first kappa shape index (κ1) is 19.0. The van der Waals surface area contributed by atoms with E-state index in [-0.39, 0.29) is 23.0 Å². The van der Waals surface area contributed by atoms with E-state index in [0.717, 1.165) is 12.0 Å². The lowest BCUT2D eigenvalue weighted by Gasteiger charge is -2.18. The van der Waals surface area contributed by atoms with E-state index in [2.05, 4.69) is 4.72 Å². The molecule has 24 heavy (non-hydrogen) atoms. The summed E-state index contributed by atoms with van der Waals surface area (Å²) < 4.78 is 33.5. The van der Waals surface area contributed by atoms with Crippen LogP contribution in [0.2, 0.25) is 5.02 Å². The summed E-state index contributed by atoms with van der Waals surface area (Å²) in [6, 6.07) is 2.57. The van der Waals surface area contributed by atoms with Crippen LogP contribution in [0.3, 0.4) is 0 Å². The molecule has 0 spiro atoms. The average molecular weight is 375 g/mol. The third-order valence-corrected chi connectivity index (χ3v) is 5.79. The molecule has 1 saturated heterocycles. The Morgan fingerprint density at radius 1 is 1.38 bits per heavy atom. The Morgan fingerprint density at radius 2 is 2.08 bits per heavy atom. The zero-order chi connectivity index (χ0) is 17.9. The van der Waals surface area contributed by atoms with Gasteiger partial charge in [-0.25, -0.2) is 13.1 Å². The van der Waals surface area contributed by atoms with Crippen LogP contribution < -0.4 is 9.46 Å². The highest BCUT2D eigenvalue weighted by Gasteiger charge is 2.33. The Bertz CT molecular complexity index is 721. The number of halogens is 1. The molecule has 0 aromatic heterocycles. The smallest absolute Gasteiger partial charge is 0.244 e. The van der Waals surface area contributed by atoms with Crippen LogP contribution in [-0.4, -0.2) is 45.0 Å². The third-order valence-electron chi connectivity index (χ3n) is 3.84. The zero-order valence-corrected chi connectivity index (χ0v) is 15.7. The molecule has 1 amide bonds. The minimum Gasteiger partial charge on any atom is -0.492 e. The van der Waals surface area contributed by atoms with Gasteiger partial charge >= 0.3 is 0 Å². The predicted molar refractivity (Wildman–Crippen MR) is 93.0 cm³/mol. The molecule has 6 nitrogen and oxygen atoms in total. The van der Waals surface area contributed by atoms with Crippen LogP contribution >= 0.6 is 11.6 Å². The Labute approximate surface area is 148 Å². The molecule has 134 valence electrons. The van der Waals surface area contributed by atoms with E-state index < -0.39 is 16.1 Å². The number of ether oxygens (including phenoxy) is 1. The van der Waals surface area contributed by atoms with Gasteiger partial charge in [-0.3, -0.25) is 4.79 Å². The van der Waals surface area contributed by atoms with Gasteiger partial charge < -0.3 is 9.64 Å². The zero-order valence-electron chi connectivity index (χ0n) is 14.1. The summed E-state index contributed by atoms with van der Waals surface area (Å²) in [7, 11) is -3.84. The number of carbonyl (C=O) groups excluding carboxylic acids is 1. The molecule has 0 aliphatic carbocycles. The van der Waals surface area contributed by atoms with Crippen molar-refractivity contribution in [2.24, 2.45) is 0 Å². The Kier molecular flexibility index (Phi) is 6.11. The highest BCUT2D eigenvalue weighted by molar-refractivity contribution is 7.89. The van der Waals surface area contributed by atoms with Crippen LogP contribution in [0.4, 0.5) is 0 Å². The largest absolute Gasteiger partial charge is 0.492 e. The number of hydrogen-bond donors (Lipinski definition) is 1. The molecule has 0 bridgehead atoms. The number of benzene rings is 1. The fourth-order valence-electron chi connectivity index (χ4n) is 2.74. The first-order valence-electron chi connectivity index (χ1n) is 8.01. The van der Waals surface area contributed by atoms with Gasteiger partial charge in [0.25, 0.3) is 0 Å². The molecule has 1 aromatic carbocycles. The van der Waals surface area contributed by atoms with Gasteiger partial charge in [0.15, 0.2) is 0 Å². The van der Waals surface area contributed by atoms with Crippen LogP contribution in [-0.2, 0) is 14.8 Å². The molecule has 1 aromatic rings. The lowest BCUT2D eigenvalue weighted by molar-refractivity contribution is -0.127. The van der Waals surface area contributed by atoms with E-state index in [9.17, 15) is 13.2 Å². The Morgan fingerprint density at radius 3 is 2.71 bits per heavy atom. The number of likely N-dealkylation sites (tertiary alicyclic amines) is 1. The average Bonchev–Trinajstić information content (AvgIpc) is 2.82. The van der Waals surface area contributed by atoms with Gasteiger partial charge in [-0.2, -0.15) is 0 Å². The van der Waals surface area contributed by atoms with Crippen molar-refractivity contribution >= 4 is 27.5 Å². The van der Waals surface area contributed by atoms with Crippen LogP contribution in [0.15, 0.2) is 17.0 Å². The second-order valence-corrected chi connectivity index (χ2v) is 7.93. The highest BCUT2D eigenvalue weighted by Crippen LogP contribution is 2.31. The third kappa shape index (κ3) is 4.20. The maximum absolute atomic E-state index is 12.7. The lowest BCUT2D eigenvalue weighted by atomic mass is 10.2. The normalized spacial score (nSPS) is 18.2. The maximum Gasteiger partial charge on any atom is 0.244 e. The molecular weight excluding hydrogens is 352 g/mol. The molecule has 1 aliphatic heterocycles. The maximum atomic E-state index is 12.7. The molecule has 1 fully saturated rings. The molecule has 8 heteroatoms. The van der Waals surface area contributed by atoms with Crippen molar-refractivity contribution in [1.82, 2.24) is 9.62 Å². The van der Waals surface area contributed by atoms with Gasteiger partial charge in [0.05, 0.1) is 6.61 Å². The predicted octanol–water partition coefficient (Wildman–Crippen LogP) is 2.34. The first-order valence-corrected chi connectivity index (χ1v) is 9.87. The second kappa shape index (κ2) is 7.72. The second-order valence-electron chi connectivity index (χ2n) is 5.84. The van der Waals surface area contributed by atoms with Crippen LogP contribution in [0, 0.1) is 6.92 Å². The number of hydrogen-bond acceptors (Lipinski definition) is 4. The fourth-order valence-corrected chi connectivity index (χ4v) is 4.34. The molecule has 0 unspecified atom stereocenters. The molecular formula is C16H23ClN2O4S.